The van der Waals surface area contributed by atoms with E-state index in [4.69, 9.17) is 0 Å². The van der Waals surface area contributed by atoms with Gasteiger partial charge in [0, 0.05) is 6.54 Å². The van der Waals surface area contributed by atoms with E-state index in [0.717, 1.165) is 38.4 Å². The Balaban J connectivity index is 1.64. The number of nitrogens with one attached hydrogen (secondary N) is 2. The molecule has 0 unspecified atom stereocenters. The molecule has 0 heterocycles. The minimum atomic E-state index is -0.824. The molecular formula is C24H32N2O2. The first-order valence-corrected chi connectivity index (χ1v) is 10.0. The standard InChI is InChI=1S/C24H32N2O2/c1-19-9-6-7-11-22(19)17-21-14-12-20(13-15-21)10-5-4-8-16-25-23(28)26-24(2,3)18-27/h6-7,9,11-15,18H,4-5,8,10,16-17H2,1-3H3,(H2,25,26,28). The van der Waals surface area contributed by atoms with E-state index in [1.54, 1.807) is 13.8 Å². The number of unbranched alkanes of at least 4 members (excludes halogenated alkanes) is 2. The zero-order valence-electron chi connectivity index (χ0n) is 17.3. The van der Waals surface area contributed by atoms with E-state index >= 15 is 0 Å². The molecule has 0 aliphatic rings. The van der Waals surface area contributed by atoms with E-state index in [9.17, 15) is 9.59 Å². The first kappa shape index (κ1) is 21.7. The molecular weight excluding hydrogens is 348 g/mol. The van der Waals surface area contributed by atoms with Gasteiger partial charge in [-0.1, -0.05) is 55.0 Å². The molecule has 0 fully saturated rings. The lowest BCUT2D eigenvalue weighted by atomic mass is 9.99. The fourth-order valence-corrected chi connectivity index (χ4v) is 3.05. The first-order chi connectivity index (χ1) is 13.4. The first-order valence-electron chi connectivity index (χ1n) is 10.0. The Morgan fingerprint density at radius 2 is 1.64 bits per heavy atom. The van der Waals surface area contributed by atoms with Crippen LogP contribution in [0.4, 0.5) is 4.79 Å². The topological polar surface area (TPSA) is 58.2 Å². The monoisotopic (exact) mass is 380 g/mol. The van der Waals surface area contributed by atoms with Crippen molar-refractivity contribution in [3.63, 3.8) is 0 Å². The third-order valence-corrected chi connectivity index (χ3v) is 4.84. The van der Waals surface area contributed by atoms with Crippen molar-refractivity contribution in [1.82, 2.24) is 10.6 Å². The van der Waals surface area contributed by atoms with Crippen LogP contribution in [0.1, 0.15) is 55.4 Å². The van der Waals surface area contributed by atoms with Crippen LogP contribution in [-0.4, -0.2) is 24.4 Å². The van der Waals surface area contributed by atoms with Crippen molar-refractivity contribution < 1.29 is 9.59 Å². The fraction of sp³-hybridized carbons (Fsp3) is 0.417. The van der Waals surface area contributed by atoms with Gasteiger partial charge in [-0.15, -0.1) is 0 Å². The van der Waals surface area contributed by atoms with Gasteiger partial charge in [0.15, 0.2) is 0 Å². The molecule has 0 bridgehead atoms. The maximum atomic E-state index is 11.7. The summed E-state index contributed by atoms with van der Waals surface area (Å²) in [6, 6.07) is 17.1. The van der Waals surface area contributed by atoms with Crippen molar-refractivity contribution >= 4 is 12.3 Å². The summed E-state index contributed by atoms with van der Waals surface area (Å²) in [7, 11) is 0. The summed E-state index contributed by atoms with van der Waals surface area (Å²) in [5, 5.41) is 5.43. The Labute approximate surface area is 168 Å². The minimum absolute atomic E-state index is 0.290. The molecule has 0 spiro atoms. The molecule has 0 aliphatic carbocycles. The molecule has 28 heavy (non-hydrogen) atoms. The molecule has 2 aromatic rings. The zero-order valence-corrected chi connectivity index (χ0v) is 17.3. The van der Waals surface area contributed by atoms with Crippen LogP contribution in [0.15, 0.2) is 48.5 Å². The summed E-state index contributed by atoms with van der Waals surface area (Å²) in [5.41, 5.74) is 4.58. The predicted molar refractivity (Wildman–Crippen MR) is 115 cm³/mol. The van der Waals surface area contributed by atoms with Crippen LogP contribution < -0.4 is 10.6 Å². The highest BCUT2D eigenvalue weighted by Crippen LogP contribution is 2.15. The number of carbonyl (C=O) groups is 2. The number of amides is 2. The van der Waals surface area contributed by atoms with Crippen LogP contribution in [0.25, 0.3) is 0 Å². The van der Waals surface area contributed by atoms with E-state index in [2.05, 4.69) is 66.1 Å². The van der Waals surface area contributed by atoms with Gasteiger partial charge in [0.2, 0.25) is 0 Å². The second kappa shape index (κ2) is 10.6. The van der Waals surface area contributed by atoms with Crippen molar-refractivity contribution in [2.45, 2.75) is 58.4 Å². The lowest BCUT2D eigenvalue weighted by Crippen LogP contribution is -2.49. The number of aldehydes is 1. The van der Waals surface area contributed by atoms with Crippen LogP contribution in [0.3, 0.4) is 0 Å². The van der Waals surface area contributed by atoms with Gasteiger partial charge < -0.3 is 15.4 Å². The van der Waals surface area contributed by atoms with Gasteiger partial charge in [-0.25, -0.2) is 4.79 Å². The lowest BCUT2D eigenvalue weighted by Gasteiger charge is -2.19. The van der Waals surface area contributed by atoms with Crippen molar-refractivity contribution in [3.05, 3.63) is 70.8 Å². The van der Waals surface area contributed by atoms with Crippen LogP contribution in [-0.2, 0) is 17.6 Å². The van der Waals surface area contributed by atoms with E-state index in [0.29, 0.717) is 6.54 Å². The van der Waals surface area contributed by atoms with Gasteiger partial charge in [-0.05, 0) is 68.7 Å². The second-order valence-corrected chi connectivity index (χ2v) is 7.95. The van der Waals surface area contributed by atoms with E-state index in [-0.39, 0.29) is 6.03 Å². The fourth-order valence-electron chi connectivity index (χ4n) is 3.05. The van der Waals surface area contributed by atoms with Crippen molar-refractivity contribution in [3.8, 4) is 0 Å². The molecule has 0 saturated carbocycles. The Hall–Kier alpha value is -2.62. The molecule has 150 valence electrons. The van der Waals surface area contributed by atoms with Crippen LogP contribution >= 0.6 is 0 Å². The average Bonchev–Trinajstić information content (AvgIpc) is 2.67. The third kappa shape index (κ3) is 7.55. The van der Waals surface area contributed by atoms with Crippen molar-refractivity contribution in [1.29, 1.82) is 0 Å². The molecule has 2 amide bonds. The maximum absolute atomic E-state index is 11.7. The van der Waals surface area contributed by atoms with Crippen LogP contribution in [0.5, 0.6) is 0 Å². The summed E-state index contributed by atoms with van der Waals surface area (Å²) in [6.45, 7) is 6.12. The lowest BCUT2D eigenvalue weighted by molar-refractivity contribution is -0.112. The quantitative estimate of drug-likeness (QED) is 0.468. The minimum Gasteiger partial charge on any atom is -0.338 e. The smallest absolute Gasteiger partial charge is 0.315 e. The zero-order chi connectivity index (χ0) is 20.4. The van der Waals surface area contributed by atoms with Gasteiger partial charge in [-0.3, -0.25) is 0 Å². The Morgan fingerprint density at radius 3 is 2.32 bits per heavy atom. The number of carbonyl (C=O) groups excluding carboxylic acids is 2. The van der Waals surface area contributed by atoms with Crippen molar-refractivity contribution in [2.24, 2.45) is 0 Å². The number of hydrogen-bond acceptors (Lipinski definition) is 2. The van der Waals surface area contributed by atoms with Crippen molar-refractivity contribution in [2.75, 3.05) is 6.54 Å². The van der Waals surface area contributed by atoms with Gasteiger partial charge in [0.05, 0.1) is 5.54 Å². The van der Waals surface area contributed by atoms with Gasteiger partial charge in [0.1, 0.15) is 6.29 Å². The third-order valence-electron chi connectivity index (χ3n) is 4.84. The van der Waals surface area contributed by atoms with Crippen LogP contribution in [0, 0.1) is 6.92 Å². The van der Waals surface area contributed by atoms with E-state index in [1.165, 1.54) is 22.3 Å². The maximum Gasteiger partial charge on any atom is 0.315 e. The SMILES string of the molecule is Cc1ccccc1Cc1ccc(CCCCCNC(=O)NC(C)(C)C=O)cc1. The highest BCUT2D eigenvalue weighted by atomic mass is 16.2. The molecule has 4 nitrogen and oxygen atoms in total. The number of aryl methyl sites for hydroxylation is 2. The average molecular weight is 381 g/mol. The Morgan fingerprint density at radius 1 is 0.964 bits per heavy atom. The number of urea groups is 1. The number of rotatable bonds is 10. The van der Waals surface area contributed by atoms with E-state index < -0.39 is 5.54 Å². The molecule has 0 radical (unpaired) electrons. The van der Waals surface area contributed by atoms with E-state index in [1.807, 2.05) is 0 Å². The van der Waals surface area contributed by atoms with Gasteiger partial charge in [0.25, 0.3) is 0 Å². The predicted octanol–water partition coefficient (Wildman–Crippen LogP) is 4.58. The Kier molecular flexibility index (Phi) is 8.24. The Bertz CT molecular complexity index is 766. The second-order valence-electron chi connectivity index (χ2n) is 7.95. The highest BCUT2D eigenvalue weighted by molar-refractivity contribution is 5.79. The largest absolute Gasteiger partial charge is 0.338 e. The van der Waals surface area contributed by atoms with Crippen LogP contribution in [0.2, 0.25) is 0 Å². The summed E-state index contributed by atoms with van der Waals surface area (Å²) >= 11 is 0. The molecule has 2 rings (SSSR count). The summed E-state index contributed by atoms with van der Waals surface area (Å²) in [6.07, 6.45) is 5.85. The summed E-state index contributed by atoms with van der Waals surface area (Å²) in [5.74, 6) is 0. The normalized spacial score (nSPS) is 11.1. The highest BCUT2D eigenvalue weighted by Gasteiger charge is 2.18. The molecule has 0 saturated heterocycles. The summed E-state index contributed by atoms with van der Waals surface area (Å²) in [4.78, 5) is 22.5. The van der Waals surface area contributed by atoms with Gasteiger partial charge in [-0.2, -0.15) is 0 Å². The molecule has 0 aliphatic heterocycles. The summed E-state index contributed by atoms with van der Waals surface area (Å²) < 4.78 is 0. The number of hydrogen-bond donors (Lipinski definition) is 2. The molecule has 4 heteroatoms. The number of benzene rings is 2. The molecule has 0 aromatic heterocycles. The molecule has 2 N–H and O–H groups in total. The van der Waals surface area contributed by atoms with Gasteiger partial charge >= 0.3 is 6.03 Å². The molecule has 0 atom stereocenters. The molecule has 2 aromatic carbocycles.